The highest BCUT2D eigenvalue weighted by atomic mass is 79.9. The van der Waals surface area contributed by atoms with Crippen molar-refractivity contribution in [3.63, 3.8) is 0 Å². The smallest absolute Gasteiger partial charge is 0.422 e. The molecule has 0 atom stereocenters. The van der Waals surface area contributed by atoms with Crippen molar-refractivity contribution < 1.29 is 22.3 Å². The second-order valence-corrected chi connectivity index (χ2v) is 10.8. The maximum Gasteiger partial charge on any atom is 0.422 e. The summed E-state index contributed by atoms with van der Waals surface area (Å²) >= 11 is 3.26. The van der Waals surface area contributed by atoms with Crippen LogP contribution in [0.2, 0.25) is 19.6 Å². The summed E-state index contributed by atoms with van der Waals surface area (Å²) in [5.74, 6) is 0.311. The minimum atomic E-state index is -4.40. The van der Waals surface area contributed by atoms with Crippen molar-refractivity contribution >= 4 is 30.5 Å². The minimum absolute atomic E-state index is 0.0880. The van der Waals surface area contributed by atoms with Gasteiger partial charge in [0.15, 0.2) is 12.5 Å². The first-order valence-electron chi connectivity index (χ1n) is 6.37. The van der Waals surface area contributed by atoms with Gasteiger partial charge < -0.3 is 9.16 Å². The van der Waals surface area contributed by atoms with Crippen LogP contribution in [-0.4, -0.2) is 27.3 Å². The molecule has 0 fully saturated rings. The van der Waals surface area contributed by atoms with E-state index < -0.39 is 21.1 Å². The third kappa shape index (κ3) is 7.65. The van der Waals surface area contributed by atoms with Crippen molar-refractivity contribution in [3.8, 4) is 5.75 Å². The lowest BCUT2D eigenvalue weighted by atomic mass is 10.2. The number of aliphatic imine (C=N–C) groups is 1. The van der Waals surface area contributed by atoms with Gasteiger partial charge in [0.05, 0.1) is 0 Å². The van der Waals surface area contributed by atoms with Gasteiger partial charge in [-0.15, -0.1) is 0 Å². The van der Waals surface area contributed by atoms with E-state index in [4.69, 9.17) is 9.16 Å². The Morgan fingerprint density at radius 2 is 2.00 bits per heavy atom. The first-order chi connectivity index (χ1) is 9.96. The van der Waals surface area contributed by atoms with Crippen LogP contribution in [0.1, 0.15) is 5.56 Å². The number of ether oxygens (including phenoxy) is 1. The average molecular weight is 396 g/mol. The van der Waals surface area contributed by atoms with Gasteiger partial charge in [-0.2, -0.15) is 13.2 Å². The van der Waals surface area contributed by atoms with E-state index in [0.717, 1.165) is 0 Å². The Kier molecular flexibility index (Phi) is 6.24. The van der Waals surface area contributed by atoms with Crippen LogP contribution in [0.5, 0.6) is 5.75 Å². The zero-order valence-electron chi connectivity index (χ0n) is 12.5. The molecule has 0 N–H and O–H groups in total. The van der Waals surface area contributed by atoms with E-state index in [1.165, 1.54) is 12.3 Å². The second-order valence-electron chi connectivity index (χ2n) is 5.45. The fourth-order valence-electron chi connectivity index (χ4n) is 1.43. The normalized spacial score (nSPS) is 12.5. The van der Waals surface area contributed by atoms with Crippen molar-refractivity contribution in [1.29, 1.82) is 0 Å². The highest BCUT2D eigenvalue weighted by Crippen LogP contribution is 2.25. The predicted octanol–water partition coefficient (Wildman–Crippen LogP) is 5.13. The fourth-order valence-corrected chi connectivity index (χ4v) is 2.57. The molecule has 0 saturated heterocycles. The van der Waals surface area contributed by atoms with Crippen molar-refractivity contribution in [2.45, 2.75) is 25.8 Å². The molecule has 1 aromatic carbocycles. The SMILES string of the molecule is C=C(N=Cc1cc(Br)ccc1OCC(F)(F)F)O[Si](C)(C)C. The molecule has 1 rings (SSSR count). The number of nitrogens with zero attached hydrogens (tertiary/aromatic N) is 1. The molecule has 122 valence electrons. The highest BCUT2D eigenvalue weighted by molar-refractivity contribution is 9.10. The van der Waals surface area contributed by atoms with Gasteiger partial charge in [-0.3, -0.25) is 0 Å². The molecule has 1 aromatic rings. The molecule has 0 aliphatic rings. The minimum Gasteiger partial charge on any atom is -0.532 e. The summed E-state index contributed by atoms with van der Waals surface area (Å²) < 4.78 is 47.8. The van der Waals surface area contributed by atoms with Crippen LogP contribution < -0.4 is 4.74 Å². The lowest BCUT2D eigenvalue weighted by Gasteiger charge is -2.18. The molecule has 0 spiro atoms. The van der Waals surface area contributed by atoms with Gasteiger partial charge in [0.25, 0.3) is 0 Å². The summed E-state index contributed by atoms with van der Waals surface area (Å²) in [4.78, 5) is 4.04. The van der Waals surface area contributed by atoms with E-state index >= 15 is 0 Å². The van der Waals surface area contributed by atoms with Crippen molar-refractivity contribution in [1.82, 2.24) is 0 Å². The molecule has 0 bridgehead atoms. The van der Waals surface area contributed by atoms with Crippen molar-refractivity contribution in [2.75, 3.05) is 6.61 Å². The Hall–Kier alpha value is -1.28. The molecule has 0 heterocycles. The average Bonchev–Trinajstić information content (AvgIpc) is 2.32. The Labute approximate surface area is 137 Å². The summed E-state index contributed by atoms with van der Waals surface area (Å²) in [6, 6.07) is 4.65. The zero-order valence-corrected chi connectivity index (χ0v) is 15.1. The number of hydrogen-bond donors (Lipinski definition) is 0. The van der Waals surface area contributed by atoms with E-state index in [1.54, 1.807) is 12.1 Å². The summed E-state index contributed by atoms with van der Waals surface area (Å²) in [7, 11) is -1.83. The fraction of sp³-hybridized carbons (Fsp3) is 0.357. The molecule has 0 unspecified atom stereocenters. The van der Waals surface area contributed by atoms with Crippen LogP contribution in [-0.2, 0) is 4.43 Å². The zero-order chi connectivity index (χ0) is 17.0. The highest BCUT2D eigenvalue weighted by Gasteiger charge is 2.28. The van der Waals surface area contributed by atoms with Crippen LogP contribution in [0.3, 0.4) is 0 Å². The van der Waals surface area contributed by atoms with Crippen LogP contribution in [0.4, 0.5) is 13.2 Å². The molecule has 0 aliphatic heterocycles. The first-order valence-corrected chi connectivity index (χ1v) is 10.6. The first kappa shape index (κ1) is 18.8. The standard InChI is InChI=1S/C14H17BrF3NO2Si/c1-10(21-22(2,3)4)19-8-11-7-12(15)5-6-13(11)20-9-14(16,17)18/h5-8H,1,9H2,2-4H3. The third-order valence-electron chi connectivity index (χ3n) is 2.13. The molecular weight excluding hydrogens is 379 g/mol. The molecular formula is C14H17BrF3NO2Si. The summed E-state index contributed by atoms with van der Waals surface area (Å²) in [6.07, 6.45) is -3.02. The summed E-state index contributed by atoms with van der Waals surface area (Å²) in [5.41, 5.74) is 0.402. The van der Waals surface area contributed by atoms with Gasteiger partial charge in [-0.1, -0.05) is 15.9 Å². The molecule has 22 heavy (non-hydrogen) atoms. The van der Waals surface area contributed by atoms with Gasteiger partial charge in [-0.05, 0) is 44.4 Å². The Balaban J connectivity index is 2.88. The molecule has 8 heteroatoms. The summed E-state index contributed by atoms with van der Waals surface area (Å²) in [6.45, 7) is 8.25. The number of hydrogen-bond acceptors (Lipinski definition) is 3. The molecule has 0 aliphatic carbocycles. The molecule has 3 nitrogen and oxygen atoms in total. The van der Waals surface area contributed by atoms with Crippen LogP contribution >= 0.6 is 15.9 Å². The Morgan fingerprint density at radius 1 is 1.36 bits per heavy atom. The second kappa shape index (κ2) is 7.32. The van der Waals surface area contributed by atoms with Crippen LogP contribution in [0.25, 0.3) is 0 Å². The third-order valence-corrected chi connectivity index (χ3v) is 3.48. The van der Waals surface area contributed by atoms with Gasteiger partial charge in [0.2, 0.25) is 8.32 Å². The molecule has 0 aromatic heterocycles. The van der Waals surface area contributed by atoms with E-state index in [2.05, 4.69) is 27.5 Å². The van der Waals surface area contributed by atoms with Crippen molar-refractivity contribution in [2.24, 2.45) is 4.99 Å². The van der Waals surface area contributed by atoms with E-state index in [-0.39, 0.29) is 11.6 Å². The maximum absolute atomic E-state index is 12.3. The van der Waals surface area contributed by atoms with Gasteiger partial charge in [0, 0.05) is 16.3 Å². The monoisotopic (exact) mass is 395 g/mol. The number of halogens is 4. The quantitative estimate of drug-likeness (QED) is 0.379. The van der Waals surface area contributed by atoms with Gasteiger partial charge >= 0.3 is 6.18 Å². The predicted molar refractivity (Wildman–Crippen MR) is 86.9 cm³/mol. The summed E-state index contributed by atoms with van der Waals surface area (Å²) in [5, 5.41) is 0. The topological polar surface area (TPSA) is 30.8 Å². The van der Waals surface area contributed by atoms with Crippen molar-refractivity contribution in [3.05, 3.63) is 40.7 Å². The molecule has 0 saturated carbocycles. The number of rotatable bonds is 6. The Bertz CT molecular complexity index is 568. The lowest BCUT2D eigenvalue weighted by molar-refractivity contribution is -0.153. The maximum atomic E-state index is 12.3. The van der Waals surface area contributed by atoms with E-state index in [0.29, 0.717) is 10.0 Å². The largest absolute Gasteiger partial charge is 0.532 e. The number of benzene rings is 1. The van der Waals surface area contributed by atoms with Gasteiger partial charge in [0.1, 0.15) is 5.75 Å². The van der Waals surface area contributed by atoms with E-state index in [1.807, 2.05) is 19.6 Å². The lowest BCUT2D eigenvalue weighted by Crippen LogP contribution is -2.24. The van der Waals surface area contributed by atoms with Gasteiger partial charge in [-0.25, -0.2) is 4.99 Å². The van der Waals surface area contributed by atoms with Crippen LogP contribution in [0, 0.1) is 0 Å². The van der Waals surface area contributed by atoms with Crippen LogP contribution in [0.15, 0.2) is 40.1 Å². The molecule has 0 radical (unpaired) electrons. The Morgan fingerprint density at radius 3 is 2.55 bits per heavy atom. The number of alkyl halides is 3. The molecule has 0 amide bonds. The van der Waals surface area contributed by atoms with E-state index in [9.17, 15) is 13.2 Å².